The molecule has 1 saturated carbocycles. The van der Waals surface area contributed by atoms with Crippen LogP contribution in [0.1, 0.15) is 61.5 Å². The molecule has 1 aliphatic carbocycles. The van der Waals surface area contributed by atoms with E-state index < -0.39 is 0 Å². The molecule has 0 unspecified atom stereocenters. The van der Waals surface area contributed by atoms with E-state index in [0.717, 1.165) is 14.8 Å². The minimum absolute atomic E-state index is 0.150. The SMILES string of the molecule is CCC(=O)c1sc(NC2CCCCCC2)c(SC)c1N. The average molecular weight is 313 g/mol. The van der Waals surface area contributed by atoms with Gasteiger partial charge in [0.15, 0.2) is 5.78 Å². The van der Waals surface area contributed by atoms with Crippen LogP contribution in [0.5, 0.6) is 0 Å². The Morgan fingerprint density at radius 1 is 1.35 bits per heavy atom. The fourth-order valence-electron chi connectivity index (χ4n) is 2.70. The molecular formula is C15H24N2OS2. The maximum Gasteiger partial charge on any atom is 0.174 e. The second-order valence-corrected chi connectivity index (χ2v) is 7.15. The monoisotopic (exact) mass is 312 g/mol. The van der Waals surface area contributed by atoms with Crippen LogP contribution in [0.4, 0.5) is 10.7 Å². The van der Waals surface area contributed by atoms with Crippen molar-refractivity contribution in [2.24, 2.45) is 0 Å². The second-order valence-electron chi connectivity index (χ2n) is 5.32. The Morgan fingerprint density at radius 2 is 2.00 bits per heavy atom. The molecule has 1 fully saturated rings. The number of carbonyl (C=O) groups is 1. The van der Waals surface area contributed by atoms with Crippen molar-refractivity contribution in [1.82, 2.24) is 0 Å². The summed E-state index contributed by atoms with van der Waals surface area (Å²) in [5.41, 5.74) is 6.83. The van der Waals surface area contributed by atoms with Crippen molar-refractivity contribution in [3.8, 4) is 0 Å². The van der Waals surface area contributed by atoms with E-state index in [0.29, 0.717) is 18.2 Å². The van der Waals surface area contributed by atoms with Gasteiger partial charge in [0.2, 0.25) is 0 Å². The van der Waals surface area contributed by atoms with E-state index in [1.807, 2.05) is 13.2 Å². The molecule has 1 aliphatic rings. The van der Waals surface area contributed by atoms with Gasteiger partial charge in [-0.2, -0.15) is 0 Å². The largest absolute Gasteiger partial charge is 0.396 e. The summed E-state index contributed by atoms with van der Waals surface area (Å²) in [6, 6.07) is 0.533. The van der Waals surface area contributed by atoms with Crippen LogP contribution in [-0.4, -0.2) is 18.1 Å². The molecule has 1 aromatic rings. The molecule has 5 heteroatoms. The summed E-state index contributed by atoms with van der Waals surface area (Å²) in [5, 5.41) is 4.74. The molecule has 0 aliphatic heterocycles. The number of ketones is 1. The van der Waals surface area contributed by atoms with E-state index in [-0.39, 0.29) is 5.78 Å². The fourth-order valence-corrected chi connectivity index (χ4v) is 4.81. The molecule has 112 valence electrons. The quantitative estimate of drug-likeness (QED) is 0.467. The molecular weight excluding hydrogens is 288 g/mol. The van der Waals surface area contributed by atoms with E-state index >= 15 is 0 Å². The third-order valence-corrected chi connectivity index (χ3v) is 6.01. The molecule has 0 aromatic carbocycles. The number of nitrogens with two attached hydrogens (primary N) is 1. The third-order valence-electron chi connectivity index (χ3n) is 3.87. The number of carbonyl (C=O) groups excluding carboxylic acids is 1. The first-order chi connectivity index (χ1) is 9.67. The van der Waals surface area contributed by atoms with Crippen molar-refractivity contribution < 1.29 is 4.79 Å². The van der Waals surface area contributed by atoms with Gasteiger partial charge in [0.25, 0.3) is 0 Å². The number of hydrogen-bond acceptors (Lipinski definition) is 5. The number of thiophene rings is 1. The van der Waals surface area contributed by atoms with Crippen LogP contribution >= 0.6 is 23.1 Å². The molecule has 0 amide bonds. The Balaban J connectivity index is 2.19. The number of nitrogens with one attached hydrogen (secondary N) is 1. The van der Waals surface area contributed by atoms with Gasteiger partial charge in [-0.15, -0.1) is 23.1 Å². The molecule has 1 heterocycles. The molecule has 0 bridgehead atoms. The van der Waals surface area contributed by atoms with Crippen LogP contribution in [0.2, 0.25) is 0 Å². The number of nitrogen functional groups attached to an aromatic ring is 1. The van der Waals surface area contributed by atoms with Gasteiger partial charge in [-0.1, -0.05) is 32.6 Å². The summed E-state index contributed by atoms with van der Waals surface area (Å²) in [7, 11) is 0. The summed E-state index contributed by atoms with van der Waals surface area (Å²) in [5.74, 6) is 0.150. The van der Waals surface area contributed by atoms with Gasteiger partial charge in [0.1, 0.15) is 5.00 Å². The predicted octanol–water partition coefficient (Wildman–Crippen LogP) is 4.78. The standard InChI is InChI=1S/C15H24N2OS2/c1-3-11(18)13-12(16)14(19-2)15(20-13)17-10-8-6-4-5-7-9-10/h10,17H,3-9,16H2,1-2H3. The van der Waals surface area contributed by atoms with Gasteiger partial charge in [0, 0.05) is 12.5 Å². The van der Waals surface area contributed by atoms with Gasteiger partial charge < -0.3 is 11.1 Å². The zero-order chi connectivity index (χ0) is 14.5. The normalized spacial score (nSPS) is 16.9. The van der Waals surface area contributed by atoms with Crippen molar-refractivity contribution in [1.29, 1.82) is 0 Å². The van der Waals surface area contributed by atoms with Gasteiger partial charge in [-0.25, -0.2) is 0 Å². The van der Waals surface area contributed by atoms with Crippen molar-refractivity contribution in [3.05, 3.63) is 4.88 Å². The molecule has 0 spiro atoms. The average Bonchev–Trinajstić information content (AvgIpc) is 2.63. The summed E-state index contributed by atoms with van der Waals surface area (Å²) in [4.78, 5) is 13.7. The minimum atomic E-state index is 0.150. The van der Waals surface area contributed by atoms with Gasteiger partial charge in [-0.05, 0) is 19.1 Å². The van der Waals surface area contributed by atoms with Crippen molar-refractivity contribution in [2.75, 3.05) is 17.3 Å². The number of anilines is 2. The minimum Gasteiger partial charge on any atom is -0.396 e. The van der Waals surface area contributed by atoms with E-state index in [1.54, 1.807) is 11.8 Å². The maximum atomic E-state index is 12.0. The van der Waals surface area contributed by atoms with Crippen LogP contribution in [0.25, 0.3) is 0 Å². The van der Waals surface area contributed by atoms with E-state index in [1.165, 1.54) is 49.9 Å². The third kappa shape index (κ3) is 3.50. The summed E-state index contributed by atoms with van der Waals surface area (Å²) < 4.78 is 0. The van der Waals surface area contributed by atoms with Crippen LogP contribution in [-0.2, 0) is 0 Å². The molecule has 2 rings (SSSR count). The zero-order valence-corrected chi connectivity index (χ0v) is 14.0. The first-order valence-electron chi connectivity index (χ1n) is 7.43. The van der Waals surface area contributed by atoms with Crippen LogP contribution < -0.4 is 11.1 Å². The lowest BCUT2D eigenvalue weighted by Crippen LogP contribution is -2.17. The fraction of sp³-hybridized carbons (Fsp3) is 0.667. The van der Waals surface area contributed by atoms with Crippen molar-refractivity contribution in [2.45, 2.75) is 62.8 Å². The highest BCUT2D eigenvalue weighted by molar-refractivity contribution is 7.99. The lowest BCUT2D eigenvalue weighted by Gasteiger charge is -2.17. The molecule has 0 saturated heterocycles. The lowest BCUT2D eigenvalue weighted by molar-refractivity contribution is 0.0992. The van der Waals surface area contributed by atoms with Gasteiger partial charge >= 0.3 is 0 Å². The van der Waals surface area contributed by atoms with Crippen molar-refractivity contribution >= 4 is 39.6 Å². The van der Waals surface area contributed by atoms with Crippen LogP contribution in [0.3, 0.4) is 0 Å². The highest BCUT2D eigenvalue weighted by Crippen LogP contribution is 2.43. The lowest BCUT2D eigenvalue weighted by atomic mass is 10.1. The molecule has 20 heavy (non-hydrogen) atoms. The summed E-state index contributed by atoms with van der Waals surface area (Å²) in [6.07, 6.45) is 10.3. The molecule has 3 N–H and O–H groups in total. The number of hydrogen-bond donors (Lipinski definition) is 2. The molecule has 0 radical (unpaired) electrons. The number of rotatable bonds is 5. The highest BCUT2D eigenvalue weighted by atomic mass is 32.2. The Bertz CT molecular complexity index is 463. The smallest absolute Gasteiger partial charge is 0.174 e. The molecule has 1 aromatic heterocycles. The zero-order valence-electron chi connectivity index (χ0n) is 12.3. The highest BCUT2D eigenvalue weighted by Gasteiger charge is 2.21. The van der Waals surface area contributed by atoms with E-state index in [2.05, 4.69) is 5.32 Å². The van der Waals surface area contributed by atoms with E-state index in [4.69, 9.17) is 5.73 Å². The van der Waals surface area contributed by atoms with Crippen LogP contribution in [0.15, 0.2) is 4.90 Å². The first-order valence-corrected chi connectivity index (χ1v) is 9.47. The first kappa shape index (κ1) is 15.7. The predicted molar refractivity (Wildman–Crippen MR) is 90.2 cm³/mol. The topological polar surface area (TPSA) is 55.1 Å². The number of Topliss-reactive ketones (excluding diaryl/α,β-unsaturated/α-hetero) is 1. The Hall–Kier alpha value is -0.680. The van der Waals surface area contributed by atoms with Crippen molar-refractivity contribution in [3.63, 3.8) is 0 Å². The molecule has 0 atom stereocenters. The van der Waals surface area contributed by atoms with Gasteiger partial charge in [0.05, 0.1) is 15.5 Å². The van der Waals surface area contributed by atoms with E-state index in [9.17, 15) is 4.79 Å². The summed E-state index contributed by atoms with van der Waals surface area (Å²) >= 11 is 3.17. The Kier molecular flexibility index (Phi) is 5.78. The second kappa shape index (κ2) is 7.36. The number of thioether (sulfide) groups is 1. The Morgan fingerprint density at radius 3 is 2.55 bits per heavy atom. The Labute approximate surface area is 129 Å². The molecule has 3 nitrogen and oxygen atoms in total. The summed E-state index contributed by atoms with van der Waals surface area (Å²) in [6.45, 7) is 1.89. The van der Waals surface area contributed by atoms with Crippen LogP contribution in [0, 0.1) is 0 Å². The van der Waals surface area contributed by atoms with Gasteiger partial charge in [-0.3, -0.25) is 4.79 Å². The maximum absolute atomic E-state index is 12.0.